The van der Waals surface area contributed by atoms with Crippen LogP contribution in [0.5, 0.6) is 0 Å². The minimum atomic E-state index is 0.540. The fourth-order valence-electron chi connectivity index (χ4n) is 2.85. The number of benzene rings is 2. The minimum Gasteiger partial charge on any atom is -0.382 e. The quantitative estimate of drug-likeness (QED) is 0.477. The van der Waals surface area contributed by atoms with Crippen molar-refractivity contribution in [1.82, 2.24) is 15.0 Å². The van der Waals surface area contributed by atoms with Crippen LogP contribution < -0.4 is 5.73 Å². The molecule has 98 valence electrons. The second-order valence-corrected chi connectivity index (χ2v) is 5.21. The van der Waals surface area contributed by atoms with E-state index in [-0.39, 0.29) is 0 Å². The Morgan fingerprint density at radius 3 is 2.80 bits per heavy atom. The number of nitrogen functional groups attached to an aromatic ring is 1. The number of fused-ring (bicyclic) bond motifs is 5. The van der Waals surface area contributed by atoms with E-state index in [1.165, 1.54) is 10.9 Å². The van der Waals surface area contributed by atoms with Crippen LogP contribution in [-0.2, 0) is 0 Å². The second-order valence-electron chi connectivity index (χ2n) is 5.21. The molecule has 0 saturated carbocycles. The highest BCUT2D eigenvalue weighted by Crippen LogP contribution is 2.32. The second kappa shape index (κ2) is 3.70. The molecule has 2 heterocycles. The van der Waals surface area contributed by atoms with Crippen LogP contribution in [0.15, 0.2) is 30.5 Å². The number of aromatic nitrogens is 3. The van der Waals surface area contributed by atoms with E-state index in [2.05, 4.69) is 40.1 Å². The number of nitrogens with zero attached hydrogens (tertiary/aromatic N) is 2. The molecule has 0 aliphatic heterocycles. The first kappa shape index (κ1) is 11.2. The lowest BCUT2D eigenvalue weighted by Gasteiger charge is -2.09. The smallest absolute Gasteiger partial charge is 0.143 e. The minimum absolute atomic E-state index is 0.540. The Hall–Kier alpha value is -2.62. The third-order valence-electron chi connectivity index (χ3n) is 3.86. The Bertz CT molecular complexity index is 982. The highest BCUT2D eigenvalue weighted by Gasteiger charge is 2.11. The number of aryl methyl sites for hydroxylation is 2. The molecule has 4 heteroatoms. The van der Waals surface area contributed by atoms with Crippen LogP contribution >= 0.6 is 0 Å². The van der Waals surface area contributed by atoms with Gasteiger partial charge in [-0.1, -0.05) is 6.07 Å². The normalized spacial score (nSPS) is 11.7. The van der Waals surface area contributed by atoms with Gasteiger partial charge in [-0.2, -0.15) is 0 Å². The topological polar surface area (TPSA) is 67.6 Å². The van der Waals surface area contributed by atoms with Gasteiger partial charge in [0.1, 0.15) is 5.82 Å². The molecule has 0 atom stereocenters. The summed E-state index contributed by atoms with van der Waals surface area (Å²) >= 11 is 0. The maximum atomic E-state index is 5.97. The molecule has 4 aromatic rings. The van der Waals surface area contributed by atoms with E-state index in [9.17, 15) is 0 Å². The van der Waals surface area contributed by atoms with Crippen LogP contribution in [0.4, 0.5) is 5.82 Å². The van der Waals surface area contributed by atoms with E-state index in [1.807, 2.05) is 19.2 Å². The van der Waals surface area contributed by atoms with E-state index in [4.69, 9.17) is 5.73 Å². The third kappa shape index (κ3) is 1.36. The van der Waals surface area contributed by atoms with E-state index in [0.717, 1.165) is 33.0 Å². The number of hydrogen-bond donors (Lipinski definition) is 2. The molecule has 0 fully saturated rings. The van der Waals surface area contributed by atoms with Crippen molar-refractivity contribution in [2.45, 2.75) is 13.8 Å². The predicted molar refractivity (Wildman–Crippen MR) is 82.8 cm³/mol. The number of nitrogens with two attached hydrogens (primary N) is 1. The van der Waals surface area contributed by atoms with Crippen LogP contribution in [0.3, 0.4) is 0 Å². The fourth-order valence-corrected chi connectivity index (χ4v) is 2.85. The van der Waals surface area contributed by atoms with Gasteiger partial charge in [0.25, 0.3) is 0 Å². The number of aromatic amines is 1. The standard InChI is InChI=1S/C16H14N4/c1-8-7-10-3-4-12-15(20-16(17)9(2)19-12)13(10)11-5-6-18-14(8)11/h3-7,19H,17H2,1-2H3. The number of H-pyrrole nitrogens is 1. The Kier molecular flexibility index (Phi) is 2.07. The van der Waals surface area contributed by atoms with Gasteiger partial charge in [-0.25, -0.2) is 4.98 Å². The van der Waals surface area contributed by atoms with Gasteiger partial charge in [-0.3, -0.25) is 4.98 Å². The van der Waals surface area contributed by atoms with Crippen molar-refractivity contribution in [2.75, 3.05) is 5.73 Å². The van der Waals surface area contributed by atoms with Crippen LogP contribution in [0.1, 0.15) is 11.3 Å². The zero-order valence-corrected chi connectivity index (χ0v) is 11.4. The average Bonchev–Trinajstić information content (AvgIpc) is 2.90. The van der Waals surface area contributed by atoms with Crippen LogP contribution in [-0.4, -0.2) is 15.0 Å². The van der Waals surface area contributed by atoms with E-state index >= 15 is 0 Å². The van der Waals surface area contributed by atoms with Crippen molar-refractivity contribution in [3.63, 3.8) is 0 Å². The van der Waals surface area contributed by atoms with Crippen molar-refractivity contribution < 1.29 is 0 Å². The molecule has 20 heavy (non-hydrogen) atoms. The zero-order chi connectivity index (χ0) is 13.9. The lowest BCUT2D eigenvalue weighted by atomic mass is 10.0. The number of rotatable bonds is 0. The third-order valence-corrected chi connectivity index (χ3v) is 3.86. The molecule has 0 spiro atoms. The van der Waals surface area contributed by atoms with E-state index < -0.39 is 0 Å². The SMILES string of the molecule is Cc1[nH]c2ccc3cc(C)c4nccc4c3c2nc1N. The van der Waals surface area contributed by atoms with Gasteiger partial charge in [0.2, 0.25) is 0 Å². The van der Waals surface area contributed by atoms with Crippen molar-refractivity contribution in [1.29, 1.82) is 0 Å². The monoisotopic (exact) mass is 262 g/mol. The summed E-state index contributed by atoms with van der Waals surface area (Å²) in [6, 6.07) is 8.37. The van der Waals surface area contributed by atoms with Gasteiger partial charge in [0.05, 0.1) is 22.2 Å². The molecule has 0 unspecified atom stereocenters. The number of nitrogens with one attached hydrogen (secondary N) is 1. The Morgan fingerprint density at radius 2 is 1.95 bits per heavy atom. The molecule has 2 aromatic carbocycles. The van der Waals surface area contributed by atoms with Gasteiger partial charge in [-0.15, -0.1) is 0 Å². The van der Waals surface area contributed by atoms with Gasteiger partial charge in [0, 0.05) is 17.0 Å². The first-order valence-electron chi connectivity index (χ1n) is 6.58. The Morgan fingerprint density at radius 1 is 1.10 bits per heavy atom. The van der Waals surface area contributed by atoms with Crippen molar-refractivity contribution >= 4 is 38.5 Å². The Balaban J connectivity index is 2.34. The molecule has 4 rings (SSSR count). The summed E-state index contributed by atoms with van der Waals surface area (Å²) in [6.07, 6.45) is 1.84. The summed E-state index contributed by atoms with van der Waals surface area (Å²) in [5.41, 5.74) is 11.0. The van der Waals surface area contributed by atoms with Gasteiger partial charge < -0.3 is 10.7 Å². The van der Waals surface area contributed by atoms with Gasteiger partial charge in [-0.05, 0) is 43.0 Å². The summed E-state index contributed by atoms with van der Waals surface area (Å²) in [6.45, 7) is 4.02. The molecule has 2 aromatic heterocycles. The highest BCUT2D eigenvalue weighted by molar-refractivity contribution is 6.18. The van der Waals surface area contributed by atoms with Crippen LogP contribution in [0.2, 0.25) is 0 Å². The first-order chi connectivity index (χ1) is 9.65. The van der Waals surface area contributed by atoms with Crippen LogP contribution in [0, 0.1) is 13.8 Å². The summed E-state index contributed by atoms with van der Waals surface area (Å²) in [5, 5.41) is 3.41. The number of anilines is 1. The lowest BCUT2D eigenvalue weighted by molar-refractivity contribution is 1.20. The molecule has 0 amide bonds. The zero-order valence-electron chi connectivity index (χ0n) is 11.4. The van der Waals surface area contributed by atoms with Crippen molar-refractivity contribution in [3.8, 4) is 0 Å². The number of hydrogen-bond acceptors (Lipinski definition) is 3. The summed E-state index contributed by atoms with van der Waals surface area (Å²) in [5.74, 6) is 0.540. The molecule has 3 N–H and O–H groups in total. The van der Waals surface area contributed by atoms with E-state index in [1.54, 1.807) is 0 Å². The molecular formula is C16H14N4. The largest absolute Gasteiger partial charge is 0.382 e. The van der Waals surface area contributed by atoms with Crippen LogP contribution in [0.25, 0.3) is 32.7 Å². The predicted octanol–water partition coefficient (Wildman–Crippen LogP) is 3.46. The van der Waals surface area contributed by atoms with Gasteiger partial charge >= 0.3 is 0 Å². The first-order valence-corrected chi connectivity index (χ1v) is 6.58. The molecule has 4 nitrogen and oxygen atoms in total. The molecule has 0 saturated heterocycles. The molecule has 0 aliphatic rings. The summed E-state index contributed by atoms with van der Waals surface area (Å²) < 4.78 is 0. The maximum Gasteiger partial charge on any atom is 0.143 e. The van der Waals surface area contributed by atoms with Crippen molar-refractivity contribution in [2.24, 2.45) is 0 Å². The Labute approximate surface area is 115 Å². The summed E-state index contributed by atoms with van der Waals surface area (Å²) in [4.78, 5) is 12.3. The maximum absolute atomic E-state index is 5.97. The highest BCUT2D eigenvalue weighted by atomic mass is 14.9. The summed E-state index contributed by atoms with van der Waals surface area (Å²) in [7, 11) is 0. The molecular weight excluding hydrogens is 248 g/mol. The molecule has 0 radical (unpaired) electrons. The fraction of sp³-hybridized carbons (Fsp3) is 0.125. The average molecular weight is 262 g/mol. The lowest BCUT2D eigenvalue weighted by Crippen LogP contribution is -1.98. The van der Waals surface area contributed by atoms with Gasteiger partial charge in [0.15, 0.2) is 0 Å². The molecule has 0 bridgehead atoms. The molecule has 0 aliphatic carbocycles. The van der Waals surface area contributed by atoms with E-state index in [0.29, 0.717) is 5.82 Å². The van der Waals surface area contributed by atoms with Crippen molar-refractivity contribution in [3.05, 3.63) is 41.7 Å².